The molecule has 8 heteroatoms. The minimum Gasteiger partial charge on any atom is -0.379 e. The lowest BCUT2D eigenvalue weighted by Gasteiger charge is -2.27. The van der Waals surface area contributed by atoms with Crippen LogP contribution in [-0.2, 0) is 27.8 Å². The first-order valence-corrected chi connectivity index (χ1v) is 10.1. The van der Waals surface area contributed by atoms with E-state index in [4.69, 9.17) is 16.3 Å². The molecule has 26 heavy (non-hydrogen) atoms. The monoisotopic (exact) mass is 398 g/mol. The summed E-state index contributed by atoms with van der Waals surface area (Å²) >= 11 is 5.69. The van der Waals surface area contributed by atoms with Gasteiger partial charge < -0.3 is 4.74 Å². The molecule has 0 bridgehead atoms. The van der Waals surface area contributed by atoms with Crippen molar-refractivity contribution in [1.82, 2.24) is 9.62 Å². The molecule has 1 N–H and O–H groups in total. The van der Waals surface area contributed by atoms with E-state index in [0.717, 1.165) is 42.9 Å². The zero-order valence-electron chi connectivity index (χ0n) is 14.1. The molecular formula is C18H20ClFN2O3S. The molecule has 1 heterocycles. The van der Waals surface area contributed by atoms with Gasteiger partial charge in [-0.05, 0) is 29.3 Å². The van der Waals surface area contributed by atoms with Crippen molar-refractivity contribution >= 4 is 21.6 Å². The van der Waals surface area contributed by atoms with Crippen LogP contribution in [0.1, 0.15) is 11.1 Å². The van der Waals surface area contributed by atoms with E-state index in [-0.39, 0.29) is 16.5 Å². The van der Waals surface area contributed by atoms with Crippen LogP contribution in [0, 0.1) is 5.82 Å². The number of morpholine rings is 1. The quantitative estimate of drug-likeness (QED) is 0.812. The number of rotatable bonds is 6. The highest BCUT2D eigenvalue weighted by atomic mass is 35.5. The van der Waals surface area contributed by atoms with Crippen LogP contribution in [0.4, 0.5) is 4.39 Å². The Labute approximate surface area is 157 Å². The molecule has 5 nitrogen and oxygen atoms in total. The first kappa shape index (κ1) is 19.3. The second kappa shape index (κ2) is 8.45. The predicted octanol–water partition coefficient (Wildman–Crippen LogP) is 2.79. The van der Waals surface area contributed by atoms with Gasteiger partial charge in [0.05, 0.1) is 23.1 Å². The van der Waals surface area contributed by atoms with Gasteiger partial charge in [0.15, 0.2) is 0 Å². The zero-order valence-corrected chi connectivity index (χ0v) is 15.7. The number of hydrogen-bond donors (Lipinski definition) is 1. The summed E-state index contributed by atoms with van der Waals surface area (Å²) in [4.78, 5) is 2.21. The molecule has 1 aliphatic heterocycles. The first-order chi connectivity index (χ1) is 12.5. The zero-order chi connectivity index (χ0) is 18.6. The second-order valence-corrected chi connectivity index (χ2v) is 8.23. The predicted molar refractivity (Wildman–Crippen MR) is 98.0 cm³/mol. The fourth-order valence-corrected chi connectivity index (χ4v) is 4.06. The average Bonchev–Trinajstić information content (AvgIpc) is 2.64. The summed E-state index contributed by atoms with van der Waals surface area (Å²) in [6, 6.07) is 11.1. The number of halogens is 2. The number of ether oxygens (including phenoxy) is 1. The third-order valence-corrected chi connectivity index (χ3v) is 5.96. The van der Waals surface area contributed by atoms with E-state index in [1.54, 1.807) is 0 Å². The maximum atomic E-state index is 13.3. The van der Waals surface area contributed by atoms with Gasteiger partial charge in [-0.25, -0.2) is 17.5 Å². The Morgan fingerprint density at radius 2 is 1.81 bits per heavy atom. The second-order valence-electron chi connectivity index (χ2n) is 6.06. The molecule has 3 rings (SSSR count). The summed E-state index contributed by atoms with van der Waals surface area (Å²) in [7, 11) is -3.78. The van der Waals surface area contributed by atoms with E-state index < -0.39 is 15.8 Å². The van der Waals surface area contributed by atoms with Gasteiger partial charge in [0.1, 0.15) is 5.82 Å². The molecule has 1 saturated heterocycles. The molecule has 0 atom stereocenters. The van der Waals surface area contributed by atoms with Gasteiger partial charge in [-0.15, -0.1) is 0 Å². The summed E-state index contributed by atoms with van der Waals surface area (Å²) < 4.78 is 46.1. The lowest BCUT2D eigenvalue weighted by Crippen LogP contribution is -2.36. The standard InChI is InChI=1S/C18H20ClFN2O3S/c19-17-11-16(5-6-18(17)20)26(23,24)21-12-14-3-1-2-4-15(14)13-22-7-9-25-10-8-22/h1-6,11,21H,7-10,12-13H2. The number of benzene rings is 2. The van der Waals surface area contributed by atoms with E-state index in [1.807, 2.05) is 24.3 Å². The maximum absolute atomic E-state index is 13.3. The van der Waals surface area contributed by atoms with Crippen LogP contribution in [0.3, 0.4) is 0 Å². The Bertz CT molecular complexity index is 870. The molecule has 0 spiro atoms. The van der Waals surface area contributed by atoms with Crippen molar-refractivity contribution in [1.29, 1.82) is 0 Å². The molecule has 1 fully saturated rings. The van der Waals surface area contributed by atoms with Crippen molar-refractivity contribution in [3.63, 3.8) is 0 Å². The van der Waals surface area contributed by atoms with Crippen LogP contribution in [0.5, 0.6) is 0 Å². The van der Waals surface area contributed by atoms with Gasteiger partial charge in [0.25, 0.3) is 0 Å². The summed E-state index contributed by atoms with van der Waals surface area (Å²) in [5, 5.41) is -0.222. The van der Waals surface area contributed by atoms with Gasteiger partial charge in [-0.2, -0.15) is 0 Å². The number of nitrogens with one attached hydrogen (secondary N) is 1. The summed E-state index contributed by atoms with van der Waals surface area (Å²) in [6.07, 6.45) is 0. The highest BCUT2D eigenvalue weighted by Gasteiger charge is 2.17. The first-order valence-electron chi connectivity index (χ1n) is 8.27. The van der Waals surface area contributed by atoms with E-state index in [0.29, 0.717) is 13.2 Å². The summed E-state index contributed by atoms with van der Waals surface area (Å²) in [5.74, 6) is -0.651. The van der Waals surface area contributed by atoms with E-state index in [2.05, 4.69) is 9.62 Å². The summed E-state index contributed by atoms with van der Waals surface area (Å²) in [6.45, 7) is 4.02. The SMILES string of the molecule is O=S(=O)(NCc1ccccc1CN1CCOCC1)c1ccc(F)c(Cl)c1. The average molecular weight is 399 g/mol. The van der Waals surface area contributed by atoms with Gasteiger partial charge in [-0.1, -0.05) is 35.9 Å². The van der Waals surface area contributed by atoms with Crippen LogP contribution in [0.25, 0.3) is 0 Å². The van der Waals surface area contributed by atoms with Crippen molar-refractivity contribution in [3.05, 3.63) is 64.4 Å². The van der Waals surface area contributed by atoms with Crippen molar-refractivity contribution < 1.29 is 17.5 Å². The molecule has 0 amide bonds. The minimum atomic E-state index is -3.78. The van der Waals surface area contributed by atoms with Crippen molar-refractivity contribution in [2.75, 3.05) is 26.3 Å². The molecule has 2 aromatic rings. The molecule has 0 unspecified atom stereocenters. The Morgan fingerprint density at radius 3 is 2.50 bits per heavy atom. The molecule has 2 aromatic carbocycles. The Kier molecular flexibility index (Phi) is 6.26. The van der Waals surface area contributed by atoms with Crippen LogP contribution >= 0.6 is 11.6 Å². The highest BCUT2D eigenvalue weighted by molar-refractivity contribution is 7.89. The van der Waals surface area contributed by atoms with Gasteiger partial charge in [0, 0.05) is 26.2 Å². The lowest BCUT2D eigenvalue weighted by atomic mass is 10.1. The fraction of sp³-hybridized carbons (Fsp3) is 0.333. The van der Waals surface area contributed by atoms with E-state index in [9.17, 15) is 12.8 Å². The molecule has 0 radical (unpaired) electrons. The number of sulfonamides is 1. The van der Waals surface area contributed by atoms with Crippen LogP contribution in [0.15, 0.2) is 47.4 Å². The number of nitrogens with zero attached hydrogens (tertiary/aromatic N) is 1. The molecule has 1 aliphatic rings. The largest absolute Gasteiger partial charge is 0.379 e. The van der Waals surface area contributed by atoms with Gasteiger partial charge in [0.2, 0.25) is 10.0 Å². The van der Waals surface area contributed by atoms with Gasteiger partial charge >= 0.3 is 0 Å². The Balaban J connectivity index is 1.71. The van der Waals surface area contributed by atoms with E-state index in [1.165, 1.54) is 6.07 Å². The van der Waals surface area contributed by atoms with Crippen molar-refractivity contribution in [2.24, 2.45) is 0 Å². The van der Waals surface area contributed by atoms with Crippen LogP contribution in [-0.4, -0.2) is 39.6 Å². The molecule has 140 valence electrons. The fourth-order valence-electron chi connectivity index (χ4n) is 2.78. The maximum Gasteiger partial charge on any atom is 0.240 e. The van der Waals surface area contributed by atoms with Crippen molar-refractivity contribution in [3.8, 4) is 0 Å². The third kappa shape index (κ3) is 4.81. The van der Waals surface area contributed by atoms with Gasteiger partial charge in [-0.3, -0.25) is 4.90 Å². The Morgan fingerprint density at radius 1 is 1.12 bits per heavy atom. The normalized spacial score (nSPS) is 15.9. The topological polar surface area (TPSA) is 58.6 Å². The lowest BCUT2D eigenvalue weighted by molar-refractivity contribution is 0.0341. The molecule has 0 saturated carbocycles. The number of hydrogen-bond acceptors (Lipinski definition) is 4. The molecule has 0 aromatic heterocycles. The molecule has 0 aliphatic carbocycles. The third-order valence-electron chi connectivity index (χ3n) is 4.27. The minimum absolute atomic E-state index is 0.0606. The van der Waals surface area contributed by atoms with Crippen LogP contribution in [0.2, 0.25) is 5.02 Å². The Hall–Kier alpha value is -1.51. The van der Waals surface area contributed by atoms with E-state index >= 15 is 0 Å². The highest BCUT2D eigenvalue weighted by Crippen LogP contribution is 2.20. The van der Waals surface area contributed by atoms with Crippen LogP contribution < -0.4 is 4.72 Å². The smallest absolute Gasteiger partial charge is 0.240 e. The summed E-state index contributed by atoms with van der Waals surface area (Å²) in [5.41, 5.74) is 1.96. The van der Waals surface area contributed by atoms with Crippen molar-refractivity contribution in [2.45, 2.75) is 18.0 Å². The molecular weight excluding hydrogens is 379 g/mol.